The van der Waals surface area contributed by atoms with Crippen LogP contribution in [0, 0.1) is 11.7 Å². The van der Waals surface area contributed by atoms with Crippen molar-refractivity contribution in [3.8, 4) is 0 Å². The molecular formula is C15H14FNO2. The summed E-state index contributed by atoms with van der Waals surface area (Å²) in [7, 11) is 0. The molecule has 1 fully saturated rings. The molecule has 3 rings (SSSR count). The van der Waals surface area contributed by atoms with Gasteiger partial charge in [-0.2, -0.15) is 0 Å². The number of benzene rings is 1. The molecule has 1 heterocycles. The standard InChI is InChI=1S/C15H14FNO2/c16-12-7-5-10(6-8-12)9-13-15(18)19-14(17-13)11-3-1-2-4-11/h5-9,11H,1-4H2/b13-9+. The Morgan fingerprint density at radius 1 is 1.21 bits per heavy atom. The Hall–Kier alpha value is -1.97. The number of esters is 1. The number of ether oxygens (including phenoxy) is 1. The Morgan fingerprint density at radius 3 is 2.58 bits per heavy atom. The van der Waals surface area contributed by atoms with E-state index in [-0.39, 0.29) is 11.7 Å². The number of hydrogen-bond acceptors (Lipinski definition) is 3. The van der Waals surface area contributed by atoms with Crippen LogP contribution in [0.2, 0.25) is 0 Å². The molecule has 2 aliphatic rings. The minimum absolute atomic E-state index is 0.281. The van der Waals surface area contributed by atoms with Crippen molar-refractivity contribution in [2.75, 3.05) is 0 Å². The van der Waals surface area contributed by atoms with Gasteiger partial charge in [-0.3, -0.25) is 0 Å². The zero-order valence-corrected chi connectivity index (χ0v) is 10.4. The lowest BCUT2D eigenvalue weighted by molar-refractivity contribution is -0.130. The van der Waals surface area contributed by atoms with E-state index in [1.165, 1.54) is 12.1 Å². The maximum Gasteiger partial charge on any atom is 0.363 e. The van der Waals surface area contributed by atoms with E-state index in [1.807, 2.05) is 0 Å². The van der Waals surface area contributed by atoms with Crippen LogP contribution in [0.5, 0.6) is 0 Å². The zero-order chi connectivity index (χ0) is 13.2. The number of carbonyl (C=O) groups excluding carboxylic acids is 1. The Kier molecular flexibility index (Phi) is 3.15. The molecule has 0 N–H and O–H groups in total. The molecule has 4 heteroatoms. The van der Waals surface area contributed by atoms with Gasteiger partial charge in [-0.05, 0) is 36.6 Å². The van der Waals surface area contributed by atoms with Crippen LogP contribution < -0.4 is 0 Å². The number of aliphatic imine (C=N–C) groups is 1. The second-order valence-electron chi connectivity index (χ2n) is 4.90. The van der Waals surface area contributed by atoms with Crippen LogP contribution in [-0.2, 0) is 9.53 Å². The minimum Gasteiger partial charge on any atom is -0.406 e. The number of nitrogens with zero attached hydrogens (tertiary/aromatic N) is 1. The second-order valence-corrected chi connectivity index (χ2v) is 4.90. The van der Waals surface area contributed by atoms with Crippen molar-refractivity contribution in [2.24, 2.45) is 10.9 Å². The lowest BCUT2D eigenvalue weighted by Crippen LogP contribution is -2.12. The van der Waals surface area contributed by atoms with Crippen molar-refractivity contribution in [3.63, 3.8) is 0 Å². The van der Waals surface area contributed by atoms with Crippen molar-refractivity contribution >= 4 is 17.9 Å². The average Bonchev–Trinajstić information content (AvgIpc) is 3.03. The molecule has 0 aromatic heterocycles. The highest BCUT2D eigenvalue weighted by atomic mass is 19.1. The predicted octanol–water partition coefficient (Wildman–Crippen LogP) is 3.31. The van der Waals surface area contributed by atoms with E-state index < -0.39 is 5.97 Å². The summed E-state index contributed by atoms with van der Waals surface area (Å²) in [4.78, 5) is 16.0. The van der Waals surface area contributed by atoms with Crippen LogP contribution in [0.15, 0.2) is 35.0 Å². The molecule has 1 aromatic rings. The fourth-order valence-corrected chi connectivity index (χ4v) is 2.49. The van der Waals surface area contributed by atoms with Crippen molar-refractivity contribution < 1.29 is 13.9 Å². The van der Waals surface area contributed by atoms with Crippen LogP contribution in [0.4, 0.5) is 4.39 Å². The molecule has 1 saturated carbocycles. The molecule has 1 aromatic carbocycles. The highest BCUT2D eigenvalue weighted by molar-refractivity contribution is 6.07. The molecule has 98 valence electrons. The molecular weight excluding hydrogens is 245 g/mol. The molecule has 19 heavy (non-hydrogen) atoms. The maximum atomic E-state index is 12.8. The fourth-order valence-electron chi connectivity index (χ4n) is 2.49. The van der Waals surface area contributed by atoms with Gasteiger partial charge in [-0.25, -0.2) is 14.2 Å². The smallest absolute Gasteiger partial charge is 0.363 e. The maximum absolute atomic E-state index is 12.8. The van der Waals surface area contributed by atoms with Crippen LogP contribution in [0.25, 0.3) is 6.08 Å². The van der Waals surface area contributed by atoms with Crippen molar-refractivity contribution in [1.29, 1.82) is 0 Å². The first kappa shape index (κ1) is 12.1. The first-order chi connectivity index (χ1) is 9.22. The topological polar surface area (TPSA) is 38.7 Å². The van der Waals surface area contributed by atoms with E-state index in [1.54, 1.807) is 18.2 Å². The summed E-state index contributed by atoms with van der Waals surface area (Å²) >= 11 is 0. The summed E-state index contributed by atoms with van der Waals surface area (Å²) < 4.78 is 18.0. The minimum atomic E-state index is -0.411. The van der Waals surface area contributed by atoms with E-state index in [9.17, 15) is 9.18 Å². The third-order valence-electron chi connectivity index (χ3n) is 3.51. The number of hydrogen-bond donors (Lipinski definition) is 0. The largest absolute Gasteiger partial charge is 0.406 e. The Morgan fingerprint density at radius 2 is 1.89 bits per heavy atom. The van der Waals surface area contributed by atoms with Gasteiger partial charge in [0.2, 0.25) is 5.90 Å². The van der Waals surface area contributed by atoms with Gasteiger partial charge in [0, 0.05) is 5.92 Å². The van der Waals surface area contributed by atoms with Gasteiger partial charge in [-0.1, -0.05) is 25.0 Å². The highest BCUT2D eigenvalue weighted by Gasteiger charge is 2.30. The van der Waals surface area contributed by atoms with Crippen molar-refractivity contribution in [2.45, 2.75) is 25.7 Å². The molecule has 0 spiro atoms. The van der Waals surface area contributed by atoms with E-state index >= 15 is 0 Å². The van der Waals surface area contributed by atoms with Gasteiger partial charge < -0.3 is 4.74 Å². The van der Waals surface area contributed by atoms with Gasteiger partial charge in [0.05, 0.1) is 0 Å². The molecule has 0 atom stereocenters. The zero-order valence-electron chi connectivity index (χ0n) is 10.4. The SMILES string of the molecule is O=C1OC(C2CCCC2)=N/C1=C/c1ccc(F)cc1. The van der Waals surface area contributed by atoms with Crippen LogP contribution >= 0.6 is 0 Å². The first-order valence-electron chi connectivity index (χ1n) is 6.50. The Balaban J connectivity index is 1.83. The van der Waals surface area contributed by atoms with E-state index in [2.05, 4.69) is 4.99 Å². The third-order valence-corrected chi connectivity index (χ3v) is 3.51. The summed E-state index contributed by atoms with van der Waals surface area (Å²) in [5.41, 5.74) is 1.04. The summed E-state index contributed by atoms with van der Waals surface area (Å²) in [6.07, 6.45) is 6.03. The first-order valence-corrected chi connectivity index (χ1v) is 6.50. The average molecular weight is 259 g/mol. The van der Waals surface area contributed by atoms with Crippen LogP contribution in [-0.4, -0.2) is 11.9 Å². The predicted molar refractivity (Wildman–Crippen MR) is 69.9 cm³/mol. The normalized spacial score (nSPS) is 21.8. The number of cyclic esters (lactones) is 1. The van der Waals surface area contributed by atoms with Gasteiger partial charge in [0.25, 0.3) is 0 Å². The monoisotopic (exact) mass is 259 g/mol. The van der Waals surface area contributed by atoms with Crippen LogP contribution in [0.3, 0.4) is 0 Å². The van der Waals surface area contributed by atoms with Crippen molar-refractivity contribution in [3.05, 3.63) is 41.3 Å². The number of carbonyl (C=O) groups is 1. The lowest BCUT2D eigenvalue weighted by atomic mass is 10.1. The van der Waals surface area contributed by atoms with Gasteiger partial charge in [-0.15, -0.1) is 0 Å². The molecule has 3 nitrogen and oxygen atoms in total. The summed E-state index contributed by atoms with van der Waals surface area (Å²) in [5.74, 6) is 0.122. The molecule has 0 amide bonds. The van der Waals surface area contributed by atoms with Gasteiger partial charge in [0.1, 0.15) is 5.82 Å². The second kappa shape index (κ2) is 4.96. The highest BCUT2D eigenvalue weighted by Crippen LogP contribution is 2.30. The van der Waals surface area contributed by atoms with E-state index in [4.69, 9.17) is 4.74 Å². The van der Waals surface area contributed by atoms with E-state index in [0.717, 1.165) is 31.2 Å². The molecule has 1 aliphatic heterocycles. The molecule has 0 unspecified atom stereocenters. The summed E-state index contributed by atoms with van der Waals surface area (Å²) in [6.45, 7) is 0. The number of rotatable bonds is 2. The third kappa shape index (κ3) is 2.57. The quantitative estimate of drug-likeness (QED) is 0.603. The number of halogens is 1. The van der Waals surface area contributed by atoms with Crippen molar-refractivity contribution in [1.82, 2.24) is 0 Å². The Bertz CT molecular complexity index is 554. The summed E-state index contributed by atoms with van der Waals surface area (Å²) in [5, 5.41) is 0. The Labute approximate surface area is 110 Å². The molecule has 0 bridgehead atoms. The fraction of sp³-hybridized carbons (Fsp3) is 0.333. The van der Waals surface area contributed by atoms with Gasteiger partial charge >= 0.3 is 5.97 Å². The van der Waals surface area contributed by atoms with Crippen LogP contribution in [0.1, 0.15) is 31.2 Å². The molecule has 0 saturated heterocycles. The van der Waals surface area contributed by atoms with Gasteiger partial charge in [0.15, 0.2) is 5.70 Å². The lowest BCUT2D eigenvalue weighted by Gasteiger charge is -2.05. The molecule has 1 aliphatic carbocycles. The molecule has 0 radical (unpaired) electrons. The van der Waals surface area contributed by atoms with E-state index in [0.29, 0.717) is 11.6 Å². The summed E-state index contributed by atoms with van der Waals surface area (Å²) in [6, 6.07) is 5.93.